The fourth-order valence-corrected chi connectivity index (χ4v) is 8.05. The van der Waals surface area contributed by atoms with Gasteiger partial charge in [0, 0.05) is 28.7 Å². The minimum atomic E-state index is -0.453. The molecule has 0 atom stereocenters. The summed E-state index contributed by atoms with van der Waals surface area (Å²) in [5.41, 5.74) is 14.1. The van der Waals surface area contributed by atoms with Gasteiger partial charge in [-0.3, -0.25) is 4.57 Å². The van der Waals surface area contributed by atoms with E-state index in [2.05, 4.69) is 143 Å². The molecule has 2 aliphatic carbocycles. The van der Waals surface area contributed by atoms with Crippen molar-refractivity contribution in [2.75, 3.05) is 0 Å². The maximum atomic E-state index is 5.11. The molecule has 0 fully saturated rings. The Kier molecular flexibility index (Phi) is 5.20. The minimum absolute atomic E-state index is 0.453. The van der Waals surface area contributed by atoms with Gasteiger partial charge in [0.25, 0.3) is 0 Å². The molecule has 0 N–H and O–H groups in total. The lowest BCUT2D eigenvalue weighted by Gasteiger charge is -2.35. The molecule has 0 bridgehead atoms. The predicted octanol–water partition coefficient (Wildman–Crippen LogP) is 10.1. The van der Waals surface area contributed by atoms with Gasteiger partial charge in [-0.1, -0.05) is 121 Å². The highest BCUT2D eigenvalue weighted by atomic mass is 15.1. The van der Waals surface area contributed by atoms with Crippen molar-refractivity contribution in [3.63, 3.8) is 0 Å². The molecule has 46 heavy (non-hydrogen) atoms. The van der Waals surface area contributed by atoms with Crippen molar-refractivity contribution in [1.82, 2.24) is 14.5 Å². The molecule has 0 unspecified atom stereocenters. The van der Waals surface area contributed by atoms with E-state index in [-0.39, 0.29) is 0 Å². The maximum absolute atomic E-state index is 5.11. The summed E-state index contributed by atoms with van der Waals surface area (Å²) in [6.45, 7) is 0. The maximum Gasteiger partial charge on any atom is 0.146 e. The smallest absolute Gasteiger partial charge is 0.146 e. The van der Waals surface area contributed by atoms with Gasteiger partial charge in [-0.15, -0.1) is 0 Å². The van der Waals surface area contributed by atoms with Crippen LogP contribution in [0.25, 0.3) is 62.2 Å². The lowest BCUT2D eigenvalue weighted by molar-refractivity contribution is 0.766. The molecular weight excluding hydrogens is 558 g/mol. The van der Waals surface area contributed by atoms with Crippen LogP contribution in [-0.4, -0.2) is 14.5 Å². The molecule has 0 aliphatic heterocycles. The number of nitrogens with zero attached hydrogens (tertiary/aromatic N) is 3. The van der Waals surface area contributed by atoms with Crippen molar-refractivity contribution < 1.29 is 0 Å². The van der Waals surface area contributed by atoms with E-state index in [9.17, 15) is 0 Å². The number of rotatable bonds is 2. The van der Waals surface area contributed by atoms with Crippen LogP contribution in [0.4, 0.5) is 0 Å². The monoisotopic (exact) mass is 585 g/mol. The van der Waals surface area contributed by atoms with Crippen LogP contribution in [0.2, 0.25) is 0 Å². The summed E-state index contributed by atoms with van der Waals surface area (Å²) in [6, 6.07) is 50.6. The Balaban J connectivity index is 1.25. The second kappa shape index (κ2) is 9.47. The molecule has 0 radical (unpaired) electrons. The fraction of sp³-hybridized carbons (Fsp3) is 0.0233. The van der Waals surface area contributed by atoms with E-state index < -0.39 is 5.41 Å². The largest absolute Gasteiger partial charge is 0.278 e. The van der Waals surface area contributed by atoms with Crippen molar-refractivity contribution in [3.05, 3.63) is 185 Å². The van der Waals surface area contributed by atoms with E-state index in [1.54, 1.807) is 0 Å². The minimum Gasteiger partial charge on any atom is -0.278 e. The molecule has 3 aromatic heterocycles. The summed E-state index contributed by atoms with van der Waals surface area (Å²) in [5.74, 6) is 0.866. The molecule has 0 saturated heterocycles. The number of hydrogen-bond donors (Lipinski definition) is 0. The van der Waals surface area contributed by atoms with Gasteiger partial charge in [0.2, 0.25) is 0 Å². The predicted molar refractivity (Wildman–Crippen MR) is 188 cm³/mol. The van der Waals surface area contributed by atoms with Crippen LogP contribution in [-0.2, 0) is 5.41 Å². The first-order chi connectivity index (χ1) is 22.8. The second-order valence-electron chi connectivity index (χ2n) is 12.2. The Morgan fingerprint density at radius 1 is 0.478 bits per heavy atom. The highest BCUT2D eigenvalue weighted by Crippen LogP contribution is 2.59. The Morgan fingerprint density at radius 2 is 1.15 bits per heavy atom. The number of aromatic nitrogens is 3. The lowest BCUT2D eigenvalue weighted by atomic mass is 9.66. The summed E-state index contributed by atoms with van der Waals surface area (Å²) < 4.78 is 2.16. The molecule has 0 saturated carbocycles. The van der Waals surface area contributed by atoms with Gasteiger partial charge in [-0.25, -0.2) is 9.97 Å². The van der Waals surface area contributed by atoms with Crippen molar-refractivity contribution >= 4 is 34.1 Å². The van der Waals surface area contributed by atoms with E-state index >= 15 is 0 Å². The molecule has 5 aromatic carbocycles. The van der Waals surface area contributed by atoms with Crippen LogP contribution >= 0.6 is 0 Å². The van der Waals surface area contributed by atoms with Gasteiger partial charge < -0.3 is 0 Å². The topological polar surface area (TPSA) is 30.7 Å². The van der Waals surface area contributed by atoms with E-state index in [0.29, 0.717) is 0 Å². The van der Waals surface area contributed by atoms with Crippen LogP contribution < -0.4 is 0 Å². The van der Waals surface area contributed by atoms with E-state index in [1.807, 2.05) is 30.6 Å². The van der Waals surface area contributed by atoms with E-state index in [1.165, 1.54) is 49.9 Å². The summed E-state index contributed by atoms with van der Waals surface area (Å²) in [6.07, 6.45) is 8.42. The number of benzene rings is 5. The van der Waals surface area contributed by atoms with Gasteiger partial charge in [-0.2, -0.15) is 0 Å². The SMILES string of the molecule is C1=Cc2ccccc2C2(c3ccccc31)c1ccccc1-c1ccc(-c3cnc4c(c3)c3ccccc3n4-c3ccccn3)cc12. The van der Waals surface area contributed by atoms with Gasteiger partial charge >= 0.3 is 0 Å². The standard InChI is InChI=1S/C43H27N3/c1-5-15-36-28(11-1)20-21-29-12-2-6-16-37(29)43(36)38-17-7-3-13-32(38)33-23-22-30(26-39(33)43)31-25-35-34-14-4-8-18-40(34)46(42(35)45-27-31)41-19-9-10-24-44-41/h1-27H. The molecule has 214 valence electrons. The van der Waals surface area contributed by atoms with Gasteiger partial charge in [0.05, 0.1) is 10.9 Å². The summed E-state index contributed by atoms with van der Waals surface area (Å²) in [4.78, 5) is 9.78. The fourth-order valence-electron chi connectivity index (χ4n) is 8.05. The first-order valence-corrected chi connectivity index (χ1v) is 15.7. The summed E-state index contributed by atoms with van der Waals surface area (Å²) >= 11 is 0. The number of fused-ring (bicyclic) bond motifs is 12. The first kappa shape index (κ1) is 25.3. The average molecular weight is 586 g/mol. The zero-order valence-electron chi connectivity index (χ0n) is 24.9. The third-order valence-electron chi connectivity index (χ3n) is 9.94. The molecule has 10 rings (SSSR count). The van der Waals surface area contributed by atoms with Crippen molar-refractivity contribution in [3.8, 4) is 28.1 Å². The molecule has 2 aliphatic rings. The van der Waals surface area contributed by atoms with Gasteiger partial charge in [0.15, 0.2) is 0 Å². The highest BCUT2D eigenvalue weighted by molar-refractivity contribution is 6.09. The lowest BCUT2D eigenvalue weighted by Crippen LogP contribution is -2.29. The number of para-hydroxylation sites is 1. The van der Waals surface area contributed by atoms with Gasteiger partial charge in [-0.05, 0) is 80.4 Å². The second-order valence-corrected chi connectivity index (χ2v) is 12.2. The molecule has 1 spiro atoms. The Labute approximate surface area is 266 Å². The third kappa shape index (κ3) is 3.32. The molecular formula is C43H27N3. The van der Waals surface area contributed by atoms with Crippen LogP contribution in [0.5, 0.6) is 0 Å². The zero-order valence-corrected chi connectivity index (χ0v) is 24.9. The van der Waals surface area contributed by atoms with Crippen molar-refractivity contribution in [1.29, 1.82) is 0 Å². The quantitative estimate of drug-likeness (QED) is 0.202. The van der Waals surface area contributed by atoms with Crippen LogP contribution in [0.15, 0.2) is 152 Å². The number of pyridine rings is 2. The first-order valence-electron chi connectivity index (χ1n) is 15.7. The highest BCUT2D eigenvalue weighted by Gasteiger charge is 2.48. The Hall–Kier alpha value is -6.06. The van der Waals surface area contributed by atoms with Crippen LogP contribution in [0.3, 0.4) is 0 Å². The molecule has 0 amide bonds. The normalized spacial score (nSPS) is 13.7. The van der Waals surface area contributed by atoms with Crippen molar-refractivity contribution in [2.45, 2.75) is 5.41 Å². The average Bonchev–Trinajstić information content (AvgIpc) is 3.55. The molecule has 3 heteroatoms. The van der Waals surface area contributed by atoms with Gasteiger partial charge in [0.1, 0.15) is 11.5 Å². The van der Waals surface area contributed by atoms with Crippen molar-refractivity contribution in [2.24, 2.45) is 0 Å². The third-order valence-corrected chi connectivity index (χ3v) is 9.94. The summed E-state index contributed by atoms with van der Waals surface area (Å²) in [5, 5.41) is 2.28. The van der Waals surface area contributed by atoms with Crippen LogP contribution in [0, 0.1) is 0 Å². The molecule has 8 aromatic rings. The summed E-state index contributed by atoms with van der Waals surface area (Å²) in [7, 11) is 0. The molecule has 3 nitrogen and oxygen atoms in total. The van der Waals surface area contributed by atoms with E-state index in [0.717, 1.165) is 33.5 Å². The molecule has 3 heterocycles. The Morgan fingerprint density at radius 3 is 1.93 bits per heavy atom. The number of hydrogen-bond acceptors (Lipinski definition) is 2. The zero-order chi connectivity index (χ0) is 30.2. The van der Waals surface area contributed by atoms with Crippen LogP contribution in [0.1, 0.15) is 33.4 Å². The Bertz CT molecular complexity index is 2490. The van der Waals surface area contributed by atoms with E-state index in [4.69, 9.17) is 4.98 Å².